The molecule has 24 heavy (non-hydrogen) atoms. The van der Waals surface area contributed by atoms with Crippen molar-refractivity contribution in [3.8, 4) is 0 Å². The van der Waals surface area contributed by atoms with Gasteiger partial charge < -0.3 is 20.4 Å². The molecule has 0 bridgehead atoms. The normalized spacial score (nSPS) is 29.4. The number of hydrogen-bond donors (Lipinski definition) is 2. The number of piperazine rings is 1. The second kappa shape index (κ2) is 8.19. The summed E-state index contributed by atoms with van der Waals surface area (Å²) in [5.74, 6) is 0.444. The molecular formula is C18H32N4O2. The van der Waals surface area contributed by atoms with Crippen molar-refractivity contribution in [3.05, 3.63) is 0 Å². The number of nitrogens with one attached hydrogen (secondary N) is 2. The summed E-state index contributed by atoms with van der Waals surface area (Å²) in [6, 6.07) is 0.835. The van der Waals surface area contributed by atoms with Crippen LogP contribution in [0.25, 0.3) is 0 Å². The van der Waals surface area contributed by atoms with Crippen LogP contribution < -0.4 is 10.6 Å². The van der Waals surface area contributed by atoms with Crippen molar-refractivity contribution in [2.24, 2.45) is 5.92 Å². The second-order valence-electron chi connectivity index (χ2n) is 7.67. The predicted octanol–water partition coefficient (Wildman–Crippen LogP) is 1.56. The minimum absolute atomic E-state index is 0.0597. The van der Waals surface area contributed by atoms with E-state index in [-0.39, 0.29) is 17.9 Å². The Morgan fingerprint density at radius 1 is 0.958 bits per heavy atom. The number of hydrogen-bond acceptors (Lipinski definition) is 3. The zero-order chi connectivity index (χ0) is 16.9. The number of carbonyl (C=O) groups excluding carboxylic acids is 2. The van der Waals surface area contributed by atoms with Gasteiger partial charge in [0.05, 0.1) is 0 Å². The van der Waals surface area contributed by atoms with Gasteiger partial charge in [0, 0.05) is 44.2 Å². The van der Waals surface area contributed by atoms with Crippen LogP contribution in [0.1, 0.15) is 51.9 Å². The Bertz CT molecular complexity index is 442. The smallest absolute Gasteiger partial charge is 0.317 e. The molecule has 1 aliphatic carbocycles. The lowest BCUT2D eigenvalue weighted by molar-refractivity contribution is -0.138. The van der Waals surface area contributed by atoms with E-state index in [4.69, 9.17) is 0 Å². The summed E-state index contributed by atoms with van der Waals surface area (Å²) in [5, 5.41) is 6.58. The molecule has 6 nitrogen and oxygen atoms in total. The van der Waals surface area contributed by atoms with Crippen LogP contribution >= 0.6 is 0 Å². The predicted molar refractivity (Wildman–Crippen MR) is 93.7 cm³/mol. The molecule has 0 aromatic heterocycles. The largest absolute Gasteiger partial charge is 0.339 e. The van der Waals surface area contributed by atoms with E-state index in [2.05, 4.69) is 17.6 Å². The Balaban J connectivity index is 1.43. The van der Waals surface area contributed by atoms with E-state index in [0.717, 1.165) is 32.2 Å². The third-order valence-corrected chi connectivity index (χ3v) is 5.78. The van der Waals surface area contributed by atoms with E-state index in [1.807, 2.05) is 9.80 Å². The number of piperidine rings is 1. The van der Waals surface area contributed by atoms with Crippen LogP contribution in [0.15, 0.2) is 0 Å². The van der Waals surface area contributed by atoms with Crippen molar-refractivity contribution >= 4 is 11.9 Å². The van der Waals surface area contributed by atoms with E-state index in [0.29, 0.717) is 38.3 Å². The molecule has 136 valence electrons. The SMILES string of the molecule is C[C@H]1C[C@@H](C(=O)N2CCN(C(=O)NC3CCCCC3)CC2)CCN1. The van der Waals surface area contributed by atoms with Crippen LogP contribution in [0.3, 0.4) is 0 Å². The molecule has 0 radical (unpaired) electrons. The van der Waals surface area contributed by atoms with Crippen molar-refractivity contribution in [2.45, 2.75) is 64.0 Å². The first-order chi connectivity index (χ1) is 11.6. The molecule has 3 fully saturated rings. The molecule has 1 saturated carbocycles. The zero-order valence-electron chi connectivity index (χ0n) is 14.9. The van der Waals surface area contributed by atoms with Gasteiger partial charge in [0.15, 0.2) is 0 Å². The summed E-state index contributed by atoms with van der Waals surface area (Å²) in [6.45, 7) is 5.74. The molecule has 2 atom stereocenters. The summed E-state index contributed by atoms with van der Waals surface area (Å²) in [4.78, 5) is 28.9. The van der Waals surface area contributed by atoms with Gasteiger partial charge in [0.25, 0.3) is 0 Å². The number of nitrogens with zero attached hydrogens (tertiary/aromatic N) is 2. The number of carbonyl (C=O) groups is 2. The topological polar surface area (TPSA) is 64.7 Å². The highest BCUT2D eigenvalue weighted by molar-refractivity contribution is 5.80. The Morgan fingerprint density at radius 2 is 1.62 bits per heavy atom. The quantitative estimate of drug-likeness (QED) is 0.804. The molecule has 3 amide bonds. The molecule has 0 unspecified atom stereocenters. The fraction of sp³-hybridized carbons (Fsp3) is 0.889. The molecule has 2 aliphatic heterocycles. The summed E-state index contributed by atoms with van der Waals surface area (Å²) < 4.78 is 0. The average molecular weight is 336 g/mol. The van der Waals surface area contributed by atoms with Crippen LogP contribution in [0.2, 0.25) is 0 Å². The lowest BCUT2D eigenvalue weighted by atomic mass is 9.92. The molecule has 2 heterocycles. The zero-order valence-corrected chi connectivity index (χ0v) is 14.9. The third-order valence-electron chi connectivity index (χ3n) is 5.78. The average Bonchev–Trinajstić information content (AvgIpc) is 2.62. The lowest BCUT2D eigenvalue weighted by Gasteiger charge is -2.38. The van der Waals surface area contributed by atoms with Crippen LogP contribution in [-0.4, -0.2) is 66.5 Å². The molecule has 2 saturated heterocycles. The molecule has 0 spiro atoms. The van der Waals surface area contributed by atoms with Crippen LogP contribution in [0, 0.1) is 5.92 Å². The summed E-state index contributed by atoms with van der Waals surface area (Å²) in [5.41, 5.74) is 0. The van der Waals surface area contributed by atoms with Gasteiger partial charge in [-0.1, -0.05) is 19.3 Å². The lowest BCUT2D eigenvalue weighted by Crippen LogP contribution is -2.56. The minimum atomic E-state index is 0.0597. The first-order valence-corrected chi connectivity index (χ1v) is 9.71. The Kier molecular flexibility index (Phi) is 5.98. The number of urea groups is 1. The van der Waals surface area contributed by atoms with E-state index in [1.54, 1.807) is 0 Å². The van der Waals surface area contributed by atoms with Gasteiger partial charge in [0.2, 0.25) is 5.91 Å². The molecule has 0 aromatic rings. The molecule has 6 heteroatoms. The summed E-state index contributed by atoms with van der Waals surface area (Å²) >= 11 is 0. The highest BCUT2D eigenvalue weighted by Crippen LogP contribution is 2.20. The highest BCUT2D eigenvalue weighted by atomic mass is 16.2. The van der Waals surface area contributed by atoms with Gasteiger partial charge >= 0.3 is 6.03 Å². The monoisotopic (exact) mass is 336 g/mol. The van der Waals surface area contributed by atoms with Gasteiger partial charge in [-0.15, -0.1) is 0 Å². The first-order valence-electron chi connectivity index (χ1n) is 9.71. The second-order valence-corrected chi connectivity index (χ2v) is 7.67. The van der Waals surface area contributed by atoms with Crippen LogP contribution in [0.5, 0.6) is 0 Å². The van der Waals surface area contributed by atoms with Gasteiger partial charge in [0.1, 0.15) is 0 Å². The Labute approximate surface area is 145 Å². The molecule has 3 aliphatic rings. The van der Waals surface area contributed by atoms with Crippen molar-refractivity contribution < 1.29 is 9.59 Å². The van der Waals surface area contributed by atoms with Gasteiger partial charge in [-0.05, 0) is 39.2 Å². The molecule has 0 aromatic carbocycles. The van der Waals surface area contributed by atoms with Crippen molar-refractivity contribution in [3.63, 3.8) is 0 Å². The van der Waals surface area contributed by atoms with Crippen molar-refractivity contribution in [2.75, 3.05) is 32.7 Å². The highest BCUT2D eigenvalue weighted by Gasteiger charge is 2.31. The number of amides is 3. The Morgan fingerprint density at radius 3 is 2.29 bits per heavy atom. The maximum atomic E-state index is 12.7. The fourth-order valence-corrected chi connectivity index (χ4v) is 4.26. The summed E-state index contributed by atoms with van der Waals surface area (Å²) in [7, 11) is 0. The Hall–Kier alpha value is -1.30. The van der Waals surface area contributed by atoms with Gasteiger partial charge in [-0.2, -0.15) is 0 Å². The maximum absolute atomic E-state index is 12.7. The van der Waals surface area contributed by atoms with Crippen molar-refractivity contribution in [1.82, 2.24) is 20.4 Å². The molecular weight excluding hydrogens is 304 g/mol. The maximum Gasteiger partial charge on any atom is 0.317 e. The van der Waals surface area contributed by atoms with E-state index in [1.165, 1.54) is 19.3 Å². The number of rotatable bonds is 2. The van der Waals surface area contributed by atoms with E-state index in [9.17, 15) is 9.59 Å². The van der Waals surface area contributed by atoms with Crippen LogP contribution in [-0.2, 0) is 4.79 Å². The van der Waals surface area contributed by atoms with Crippen LogP contribution in [0.4, 0.5) is 4.79 Å². The van der Waals surface area contributed by atoms with Crippen molar-refractivity contribution in [1.29, 1.82) is 0 Å². The third kappa shape index (κ3) is 4.41. The first kappa shape index (κ1) is 17.5. The standard InChI is InChI=1S/C18H32N4O2/c1-14-13-15(7-8-19-14)17(23)21-9-11-22(12-10-21)18(24)20-16-5-3-2-4-6-16/h14-16,19H,2-13H2,1H3,(H,20,24)/t14-,15-/m0/s1. The van der Waals surface area contributed by atoms with E-state index < -0.39 is 0 Å². The summed E-state index contributed by atoms with van der Waals surface area (Å²) in [6.07, 6.45) is 7.83. The van der Waals surface area contributed by atoms with Gasteiger partial charge in [-0.25, -0.2) is 4.79 Å². The molecule has 3 rings (SSSR count). The van der Waals surface area contributed by atoms with E-state index >= 15 is 0 Å². The minimum Gasteiger partial charge on any atom is -0.339 e. The molecule has 2 N–H and O–H groups in total. The fourth-order valence-electron chi connectivity index (χ4n) is 4.26. The van der Waals surface area contributed by atoms with Gasteiger partial charge in [-0.3, -0.25) is 4.79 Å².